The molecule has 1 aromatic rings. The lowest BCUT2D eigenvalue weighted by molar-refractivity contribution is -0.155. The van der Waals surface area contributed by atoms with Gasteiger partial charge in [-0.25, -0.2) is 9.78 Å². The molecule has 9 nitrogen and oxygen atoms in total. The zero-order valence-electron chi connectivity index (χ0n) is 15.2. The third kappa shape index (κ3) is 4.36. The molecular formula is C17H21ClN4O5. The molecule has 1 fully saturated rings. The Kier molecular flexibility index (Phi) is 6.37. The van der Waals surface area contributed by atoms with Crippen LogP contribution in [-0.2, 0) is 19.1 Å². The summed E-state index contributed by atoms with van der Waals surface area (Å²) in [4.78, 5) is 53.4. The van der Waals surface area contributed by atoms with Crippen LogP contribution in [0, 0.1) is 0 Å². The highest BCUT2D eigenvalue weighted by atomic mass is 35.5. The summed E-state index contributed by atoms with van der Waals surface area (Å²) in [7, 11) is 0. The van der Waals surface area contributed by atoms with Gasteiger partial charge in [-0.3, -0.25) is 19.3 Å². The van der Waals surface area contributed by atoms with Crippen molar-refractivity contribution in [3.05, 3.63) is 23.5 Å². The van der Waals surface area contributed by atoms with Crippen LogP contribution in [0.1, 0.15) is 33.6 Å². The Morgan fingerprint density at radius 3 is 2.59 bits per heavy atom. The van der Waals surface area contributed by atoms with Crippen molar-refractivity contribution in [2.24, 2.45) is 0 Å². The summed E-state index contributed by atoms with van der Waals surface area (Å²) in [5.41, 5.74) is -0.728. The molecular weight excluding hydrogens is 376 g/mol. The number of esters is 1. The molecule has 1 atom stereocenters. The lowest BCUT2D eigenvalue weighted by Crippen LogP contribution is -2.46. The van der Waals surface area contributed by atoms with Gasteiger partial charge < -0.3 is 15.4 Å². The van der Waals surface area contributed by atoms with Crippen molar-refractivity contribution in [2.45, 2.75) is 45.3 Å². The number of nitrogens with one attached hydrogen (secondary N) is 2. The number of hydrogen-bond donors (Lipinski definition) is 2. The van der Waals surface area contributed by atoms with E-state index in [1.54, 1.807) is 26.0 Å². The van der Waals surface area contributed by atoms with Gasteiger partial charge in [0.25, 0.3) is 11.8 Å². The Morgan fingerprint density at radius 2 is 2.04 bits per heavy atom. The highest BCUT2D eigenvalue weighted by molar-refractivity contribution is 6.32. The van der Waals surface area contributed by atoms with Gasteiger partial charge in [0.15, 0.2) is 11.3 Å². The molecule has 0 aliphatic carbocycles. The number of ether oxygens (including phenoxy) is 1. The molecule has 2 rings (SSSR count). The average Bonchev–Trinajstić information content (AvgIpc) is 2.88. The van der Waals surface area contributed by atoms with Gasteiger partial charge in [-0.05, 0) is 31.9 Å². The molecule has 2 N–H and O–H groups in total. The van der Waals surface area contributed by atoms with E-state index in [2.05, 4.69) is 15.6 Å². The number of imide groups is 1. The fourth-order valence-corrected chi connectivity index (χ4v) is 2.85. The lowest BCUT2D eigenvalue weighted by atomic mass is 9.93. The van der Waals surface area contributed by atoms with Crippen LogP contribution in [0.25, 0.3) is 0 Å². The molecule has 0 bridgehead atoms. The predicted octanol–water partition coefficient (Wildman–Crippen LogP) is 1.72. The Hall–Kier alpha value is -2.68. The smallest absolute Gasteiger partial charge is 0.327 e. The fourth-order valence-electron chi connectivity index (χ4n) is 2.68. The van der Waals surface area contributed by atoms with Crippen molar-refractivity contribution in [2.75, 3.05) is 11.9 Å². The molecule has 2 heterocycles. The van der Waals surface area contributed by atoms with Crippen LogP contribution >= 0.6 is 11.6 Å². The Bertz CT molecular complexity index is 765. The van der Waals surface area contributed by atoms with Gasteiger partial charge in [0.2, 0.25) is 0 Å². The number of amides is 4. The molecule has 1 aliphatic heterocycles. The van der Waals surface area contributed by atoms with E-state index < -0.39 is 42.0 Å². The van der Waals surface area contributed by atoms with E-state index in [1.807, 2.05) is 0 Å². The molecule has 4 amide bonds. The maximum absolute atomic E-state index is 12.5. The average molecular weight is 397 g/mol. The number of aromatic nitrogens is 1. The second kappa shape index (κ2) is 8.34. The maximum atomic E-state index is 12.5. The normalized spacial score (nSPS) is 16.7. The largest absolute Gasteiger partial charge is 0.451 e. The quantitative estimate of drug-likeness (QED) is 0.411. The molecule has 0 unspecified atom stereocenters. The third-order valence-corrected chi connectivity index (χ3v) is 4.74. The molecule has 27 heavy (non-hydrogen) atoms. The first-order valence-corrected chi connectivity index (χ1v) is 8.86. The summed E-state index contributed by atoms with van der Waals surface area (Å²) < 4.78 is 5.03. The van der Waals surface area contributed by atoms with Crippen molar-refractivity contribution in [1.29, 1.82) is 0 Å². The summed E-state index contributed by atoms with van der Waals surface area (Å²) in [5, 5.41) is 5.20. The number of carbonyl (C=O) groups is 4. The summed E-state index contributed by atoms with van der Waals surface area (Å²) in [6.07, 6.45) is 1.12. The highest BCUT2D eigenvalue weighted by Crippen LogP contribution is 2.24. The zero-order chi connectivity index (χ0) is 20.2. The third-order valence-electron chi connectivity index (χ3n) is 4.43. The van der Waals surface area contributed by atoms with Gasteiger partial charge in [0, 0.05) is 6.20 Å². The van der Waals surface area contributed by atoms with E-state index in [1.165, 1.54) is 13.1 Å². The number of carbonyl (C=O) groups excluding carboxylic acids is 4. The van der Waals surface area contributed by atoms with Crippen LogP contribution in [0.4, 0.5) is 10.5 Å². The lowest BCUT2D eigenvalue weighted by Gasteiger charge is -2.23. The summed E-state index contributed by atoms with van der Waals surface area (Å²) in [6, 6.07) is 2.48. The van der Waals surface area contributed by atoms with Crippen LogP contribution in [0.15, 0.2) is 18.3 Å². The fraction of sp³-hybridized carbons (Fsp3) is 0.471. The van der Waals surface area contributed by atoms with Crippen molar-refractivity contribution >= 4 is 41.1 Å². The van der Waals surface area contributed by atoms with Crippen molar-refractivity contribution < 1.29 is 23.9 Å². The molecule has 0 spiro atoms. The van der Waals surface area contributed by atoms with Crippen LogP contribution in [0.2, 0.25) is 5.15 Å². The molecule has 1 aliphatic rings. The minimum atomic E-state index is -1.16. The zero-order valence-corrected chi connectivity index (χ0v) is 16.0. The van der Waals surface area contributed by atoms with Crippen LogP contribution in [-0.4, -0.2) is 51.9 Å². The maximum Gasteiger partial charge on any atom is 0.327 e. The van der Waals surface area contributed by atoms with Gasteiger partial charge in [0.1, 0.15) is 12.1 Å². The number of nitrogens with zero attached hydrogens (tertiary/aromatic N) is 2. The Labute approximate surface area is 161 Å². The van der Waals surface area contributed by atoms with E-state index in [0.29, 0.717) is 12.8 Å². The van der Waals surface area contributed by atoms with Gasteiger partial charge in [0.05, 0.1) is 5.69 Å². The number of pyridine rings is 1. The van der Waals surface area contributed by atoms with E-state index in [9.17, 15) is 19.2 Å². The minimum Gasteiger partial charge on any atom is -0.451 e. The Morgan fingerprint density at radius 1 is 1.37 bits per heavy atom. The Balaban J connectivity index is 1.95. The van der Waals surface area contributed by atoms with Crippen LogP contribution in [0.3, 0.4) is 0 Å². The van der Waals surface area contributed by atoms with Gasteiger partial charge in [-0.2, -0.15) is 0 Å². The summed E-state index contributed by atoms with van der Waals surface area (Å²) in [6.45, 7) is 4.35. The van der Waals surface area contributed by atoms with E-state index >= 15 is 0 Å². The summed E-state index contributed by atoms with van der Waals surface area (Å²) >= 11 is 5.86. The first-order valence-electron chi connectivity index (χ1n) is 8.49. The molecule has 0 radical (unpaired) electrons. The van der Waals surface area contributed by atoms with E-state index in [-0.39, 0.29) is 10.8 Å². The van der Waals surface area contributed by atoms with Gasteiger partial charge in [-0.15, -0.1) is 0 Å². The number of urea groups is 1. The standard InChI is InChI=1S/C17H21ClN4O5/c1-4-17(5-2)15(25)22(16(26)21-17)9-12(23)27-10(3)14(24)20-11-7-6-8-19-13(11)18/h6-8,10H,4-5,9H2,1-3H3,(H,20,24)(H,21,26)/t10-/m0/s1. The second-order valence-corrected chi connectivity index (χ2v) is 6.43. The van der Waals surface area contributed by atoms with E-state index in [4.69, 9.17) is 16.3 Å². The molecule has 1 saturated heterocycles. The molecule has 0 aromatic carbocycles. The van der Waals surface area contributed by atoms with Gasteiger partial charge in [-0.1, -0.05) is 25.4 Å². The number of halogens is 1. The summed E-state index contributed by atoms with van der Waals surface area (Å²) in [5.74, 6) is -1.97. The molecule has 1 aromatic heterocycles. The van der Waals surface area contributed by atoms with E-state index in [0.717, 1.165) is 4.90 Å². The molecule has 146 valence electrons. The van der Waals surface area contributed by atoms with Crippen molar-refractivity contribution in [3.63, 3.8) is 0 Å². The number of hydrogen-bond acceptors (Lipinski definition) is 6. The number of anilines is 1. The van der Waals surface area contributed by atoms with Crippen LogP contribution < -0.4 is 10.6 Å². The SMILES string of the molecule is CCC1(CC)NC(=O)N(CC(=O)O[C@@H](C)C(=O)Nc2cccnc2Cl)C1=O. The highest BCUT2D eigenvalue weighted by Gasteiger charge is 2.49. The van der Waals surface area contributed by atoms with Crippen LogP contribution in [0.5, 0.6) is 0 Å². The second-order valence-electron chi connectivity index (χ2n) is 6.07. The molecule has 0 saturated carbocycles. The monoisotopic (exact) mass is 396 g/mol. The van der Waals surface area contributed by atoms with Gasteiger partial charge >= 0.3 is 12.0 Å². The molecule has 10 heteroatoms. The predicted molar refractivity (Wildman–Crippen MR) is 97.0 cm³/mol. The first kappa shape index (κ1) is 20.6. The van der Waals surface area contributed by atoms with Crippen molar-refractivity contribution in [3.8, 4) is 0 Å². The number of rotatable bonds is 7. The topological polar surface area (TPSA) is 118 Å². The first-order chi connectivity index (χ1) is 12.7. The van der Waals surface area contributed by atoms with Crippen molar-refractivity contribution in [1.82, 2.24) is 15.2 Å². The minimum absolute atomic E-state index is 0.0965.